The molecule has 0 aliphatic rings. The number of halogens is 18. The van der Waals surface area contributed by atoms with E-state index in [1.807, 2.05) is 0 Å². The van der Waals surface area contributed by atoms with Gasteiger partial charge in [0.25, 0.3) is 20.0 Å². The van der Waals surface area contributed by atoms with E-state index in [1.54, 1.807) is 0 Å². The van der Waals surface area contributed by atoms with Crippen LogP contribution in [0.2, 0.25) is 0 Å². The van der Waals surface area contributed by atoms with Crippen LogP contribution >= 0.6 is 0 Å². The van der Waals surface area contributed by atoms with Crippen molar-refractivity contribution in [1.29, 1.82) is 0 Å². The van der Waals surface area contributed by atoms with E-state index in [1.165, 1.54) is 0 Å². The molecule has 0 unspecified atom stereocenters. The Hall–Kier alpha value is 0.236. The zero-order chi connectivity index (χ0) is 27.7. The van der Waals surface area contributed by atoms with Gasteiger partial charge in [0, 0.05) is 0 Å². The van der Waals surface area contributed by atoms with Crippen LogP contribution in [-0.4, -0.2) is 63.4 Å². The molecule has 0 aliphatic heterocycles. The summed E-state index contributed by atoms with van der Waals surface area (Å²) in [5, 5.41) is -16.3. The second-order valence-electron chi connectivity index (χ2n) is 5.42. The maximum atomic E-state index is 13.2. The fourth-order valence-electron chi connectivity index (χ4n) is 1.31. The van der Waals surface area contributed by atoms with Crippen molar-refractivity contribution in [3.63, 3.8) is 0 Å². The normalized spacial score (nSPS) is 16.3. The van der Waals surface area contributed by atoms with Crippen LogP contribution in [0.1, 0.15) is 1.43 Å². The van der Waals surface area contributed by atoms with Gasteiger partial charge < -0.3 is 1.43 Å². The van der Waals surface area contributed by atoms with E-state index in [9.17, 15) is 95.9 Å². The molecule has 0 aromatic rings. The molecule has 0 amide bonds. The van der Waals surface area contributed by atoms with Gasteiger partial charge in [0.05, 0.1) is 0 Å². The van der Waals surface area contributed by atoms with Gasteiger partial charge in [-0.1, -0.05) is 4.13 Å². The molecular formula is C8H2F18KNO4S2. The molecule has 0 saturated heterocycles. The van der Waals surface area contributed by atoms with Crippen molar-refractivity contribution in [1.82, 2.24) is 4.13 Å². The largest absolute Gasteiger partial charge is 1.00 e. The molecule has 202 valence electrons. The van der Waals surface area contributed by atoms with Crippen LogP contribution in [0.5, 0.6) is 0 Å². The Kier molecular flexibility index (Phi) is 9.86. The second-order valence-corrected chi connectivity index (χ2v) is 9.12. The fourth-order valence-corrected chi connectivity index (χ4v) is 4.23. The van der Waals surface area contributed by atoms with E-state index < -0.39 is 70.7 Å². The van der Waals surface area contributed by atoms with E-state index in [-0.39, 0.29) is 52.8 Å². The Morgan fingerprint density at radius 1 is 0.412 bits per heavy atom. The Morgan fingerprint density at radius 2 is 0.588 bits per heavy atom. The van der Waals surface area contributed by atoms with E-state index in [4.69, 9.17) is 0 Å². The first-order valence-corrected chi connectivity index (χ1v) is 9.35. The Morgan fingerprint density at radius 3 is 0.735 bits per heavy atom. The minimum atomic E-state index is -8.68. The predicted octanol–water partition coefficient (Wildman–Crippen LogP) is 1.20. The number of alkyl halides is 18. The molecule has 0 heterocycles. The molecule has 0 saturated carbocycles. The van der Waals surface area contributed by atoms with Crippen LogP contribution in [0, 0.1) is 0 Å². The molecule has 0 bridgehead atoms. The third-order valence-electron chi connectivity index (χ3n) is 3.13. The van der Waals surface area contributed by atoms with Gasteiger partial charge in [-0.25, -0.2) is 16.8 Å². The van der Waals surface area contributed by atoms with Crippen molar-refractivity contribution >= 4 is 20.0 Å². The summed E-state index contributed by atoms with van der Waals surface area (Å²) in [4.78, 5) is 0. The SMILES string of the molecule is O=S(=O)(NS(=O)(=O)C(F)(F)C(F)(F)C(F)(F)C(F)(F)F)C(F)(F)C(F)(F)C(F)(F)C(F)(F)F.[H-].[K+]. The van der Waals surface area contributed by atoms with Crippen molar-refractivity contribution in [2.75, 3.05) is 0 Å². The summed E-state index contributed by atoms with van der Waals surface area (Å²) >= 11 is 0. The van der Waals surface area contributed by atoms with Gasteiger partial charge in [-0.3, -0.25) is 0 Å². The number of sulfonamides is 2. The number of rotatable bonds is 8. The molecule has 26 heteroatoms. The molecule has 0 aromatic carbocycles. The molecule has 0 spiro atoms. The maximum absolute atomic E-state index is 13.2. The number of hydrogen-bond acceptors (Lipinski definition) is 4. The average Bonchev–Trinajstić information content (AvgIpc) is 2.50. The number of nitrogens with one attached hydrogen (secondary N) is 1. The monoisotopic (exact) mass is 621 g/mol. The van der Waals surface area contributed by atoms with Crippen LogP contribution in [0.4, 0.5) is 79.0 Å². The molecule has 0 rings (SSSR count). The molecular weight excluding hydrogens is 619 g/mol. The number of hydrogen-bond donors (Lipinski definition) is 1. The van der Waals surface area contributed by atoms with Gasteiger partial charge in [0.1, 0.15) is 0 Å². The first-order chi connectivity index (χ1) is 13.7. The van der Waals surface area contributed by atoms with Gasteiger partial charge in [0.2, 0.25) is 0 Å². The third kappa shape index (κ3) is 5.14. The first kappa shape index (κ1) is 36.4. The predicted molar refractivity (Wildman–Crippen MR) is 63.9 cm³/mol. The van der Waals surface area contributed by atoms with Crippen LogP contribution in [-0.2, 0) is 20.0 Å². The van der Waals surface area contributed by atoms with E-state index in [0.717, 1.165) is 0 Å². The molecule has 1 N–H and O–H groups in total. The van der Waals surface area contributed by atoms with Crippen molar-refractivity contribution in [3.8, 4) is 0 Å². The minimum Gasteiger partial charge on any atom is -1.00 e. The topological polar surface area (TPSA) is 80.3 Å². The quantitative estimate of drug-likeness (QED) is 0.327. The standard InChI is InChI=1S/C8HF18NO4S2.K.H/c9-1(10,5(17,18)19)3(13,14)7(23,24)32(28,29)27-33(30,31)8(25,26)4(15,16)2(11,12)6(20,21)22;;/h27H;;/q;+1;-1. The molecule has 0 fully saturated rings. The van der Waals surface area contributed by atoms with Crippen molar-refractivity contribution in [3.05, 3.63) is 0 Å². The Bertz CT molecular complexity index is 893. The molecule has 34 heavy (non-hydrogen) atoms. The second kappa shape index (κ2) is 9.21. The Balaban J connectivity index is -0.00000512. The summed E-state index contributed by atoms with van der Waals surface area (Å²) in [5.41, 5.74) is 0. The van der Waals surface area contributed by atoms with Gasteiger partial charge in [-0.2, -0.15) is 79.0 Å². The summed E-state index contributed by atoms with van der Waals surface area (Å²) in [6.45, 7) is 0. The third-order valence-corrected chi connectivity index (χ3v) is 6.74. The van der Waals surface area contributed by atoms with Gasteiger partial charge in [-0.05, 0) is 0 Å². The summed E-state index contributed by atoms with van der Waals surface area (Å²) in [5.74, 6) is -32.9. The summed E-state index contributed by atoms with van der Waals surface area (Å²) < 4.78 is 268. The molecule has 0 aliphatic carbocycles. The van der Waals surface area contributed by atoms with Gasteiger partial charge in [-0.15, -0.1) is 0 Å². The summed E-state index contributed by atoms with van der Waals surface area (Å²) in [6.07, 6.45) is -15.5. The Labute approximate surface area is 218 Å². The molecule has 0 atom stereocenters. The summed E-state index contributed by atoms with van der Waals surface area (Å²) in [7, 11) is -17.4. The first-order valence-electron chi connectivity index (χ1n) is 6.38. The molecule has 0 aromatic heterocycles. The summed E-state index contributed by atoms with van der Waals surface area (Å²) in [6, 6.07) is 0. The van der Waals surface area contributed by atoms with Crippen LogP contribution in [0.3, 0.4) is 0 Å². The molecule has 5 nitrogen and oxygen atoms in total. The molecule has 0 radical (unpaired) electrons. The fraction of sp³-hybridized carbons (Fsp3) is 1.00. The van der Waals surface area contributed by atoms with E-state index >= 15 is 0 Å². The maximum Gasteiger partial charge on any atom is 1.00 e. The van der Waals surface area contributed by atoms with Gasteiger partial charge in [0.15, 0.2) is 0 Å². The zero-order valence-corrected chi connectivity index (χ0v) is 19.5. The van der Waals surface area contributed by atoms with E-state index in [2.05, 4.69) is 0 Å². The van der Waals surface area contributed by atoms with Crippen LogP contribution in [0.15, 0.2) is 0 Å². The smallest absolute Gasteiger partial charge is 1.00 e. The van der Waals surface area contributed by atoms with Crippen molar-refractivity contribution in [2.24, 2.45) is 0 Å². The van der Waals surface area contributed by atoms with Crippen molar-refractivity contribution in [2.45, 2.75) is 46.6 Å². The van der Waals surface area contributed by atoms with E-state index in [0.29, 0.717) is 0 Å². The van der Waals surface area contributed by atoms with Crippen molar-refractivity contribution < 1.29 is 149 Å². The van der Waals surface area contributed by atoms with Crippen LogP contribution < -0.4 is 55.5 Å². The minimum absolute atomic E-state index is 0. The van der Waals surface area contributed by atoms with Crippen LogP contribution in [0.25, 0.3) is 0 Å². The average molecular weight is 621 g/mol. The van der Waals surface area contributed by atoms with Gasteiger partial charge >= 0.3 is 97.9 Å². The zero-order valence-electron chi connectivity index (χ0n) is 15.8.